The molecule has 1 heterocycles. The second kappa shape index (κ2) is 11.8. The first-order valence-electron chi connectivity index (χ1n) is 11.3. The number of non-ortho nitro benzene ring substituents is 2. The first-order chi connectivity index (χ1) is 18.3. The molecule has 3 N–H and O–H groups in total. The van der Waals surface area contributed by atoms with Crippen LogP contribution in [0, 0.1) is 20.2 Å². The minimum Gasteiger partial charge on any atom is -0.354 e. The van der Waals surface area contributed by atoms with Crippen molar-refractivity contribution in [3.05, 3.63) is 99.2 Å². The number of carbonyl (C=O) groups excluding carboxylic acids is 1. The lowest BCUT2D eigenvalue weighted by molar-refractivity contribution is -0.385. The Kier molecular flexibility index (Phi) is 8.08. The molecule has 0 aliphatic carbocycles. The lowest BCUT2D eigenvalue weighted by Gasteiger charge is -2.14. The molecule has 4 rings (SSSR count). The van der Waals surface area contributed by atoms with E-state index in [1.165, 1.54) is 36.0 Å². The Morgan fingerprint density at radius 1 is 0.868 bits per heavy atom. The average Bonchev–Trinajstić information content (AvgIpc) is 2.90. The van der Waals surface area contributed by atoms with Crippen LogP contribution in [0.15, 0.2) is 88.9 Å². The van der Waals surface area contributed by atoms with Crippen molar-refractivity contribution in [1.29, 1.82) is 0 Å². The van der Waals surface area contributed by atoms with Gasteiger partial charge in [0.25, 0.3) is 11.4 Å². The zero-order chi connectivity index (χ0) is 27.1. The van der Waals surface area contributed by atoms with Crippen LogP contribution in [0.25, 0.3) is 0 Å². The first kappa shape index (κ1) is 26.0. The summed E-state index contributed by atoms with van der Waals surface area (Å²) in [7, 11) is 0. The molecule has 0 saturated carbocycles. The first-order valence-corrected chi connectivity index (χ1v) is 12.1. The molecule has 0 aliphatic rings. The van der Waals surface area contributed by atoms with Gasteiger partial charge in [0.1, 0.15) is 5.03 Å². The maximum Gasteiger partial charge on any atom is 0.271 e. The Hall–Kier alpha value is -5.04. The molecule has 0 spiro atoms. The highest BCUT2D eigenvalue weighted by Gasteiger charge is 2.13. The van der Waals surface area contributed by atoms with Gasteiger partial charge in [0.15, 0.2) is 0 Å². The molecule has 4 aromatic rings. The summed E-state index contributed by atoms with van der Waals surface area (Å²) in [6, 6.07) is 19.1. The molecule has 1 aromatic heterocycles. The molecule has 12 nitrogen and oxygen atoms in total. The number of hydrogen-bond acceptors (Lipinski definition) is 10. The largest absolute Gasteiger partial charge is 0.354 e. The lowest BCUT2D eigenvalue weighted by Crippen LogP contribution is -2.09. The van der Waals surface area contributed by atoms with Crippen LogP contribution in [0.1, 0.15) is 13.3 Å². The van der Waals surface area contributed by atoms with Crippen LogP contribution in [0.2, 0.25) is 0 Å². The quantitative estimate of drug-likeness (QED) is 0.120. The number of nitro groups is 2. The second-order valence-corrected chi connectivity index (χ2v) is 8.86. The lowest BCUT2D eigenvalue weighted by atomic mass is 10.2. The van der Waals surface area contributed by atoms with Crippen LogP contribution in [0.5, 0.6) is 0 Å². The van der Waals surface area contributed by atoms with Gasteiger partial charge in [-0.1, -0.05) is 30.8 Å². The fraction of sp³-hybridized carbons (Fsp3) is 0.0800. The summed E-state index contributed by atoms with van der Waals surface area (Å²) < 4.78 is 0. The molecule has 0 aliphatic heterocycles. The van der Waals surface area contributed by atoms with Crippen molar-refractivity contribution in [1.82, 2.24) is 9.97 Å². The minimum atomic E-state index is -0.485. The van der Waals surface area contributed by atoms with Gasteiger partial charge < -0.3 is 16.0 Å². The van der Waals surface area contributed by atoms with E-state index in [1.54, 1.807) is 61.7 Å². The maximum atomic E-state index is 11.9. The molecule has 0 saturated heterocycles. The van der Waals surface area contributed by atoms with Crippen LogP contribution >= 0.6 is 11.8 Å². The molecule has 1 amide bonds. The Morgan fingerprint density at radius 2 is 1.53 bits per heavy atom. The third-order valence-corrected chi connectivity index (χ3v) is 6.09. The van der Waals surface area contributed by atoms with E-state index in [0.29, 0.717) is 34.2 Å². The predicted molar refractivity (Wildman–Crippen MR) is 144 cm³/mol. The topological polar surface area (TPSA) is 165 Å². The van der Waals surface area contributed by atoms with Gasteiger partial charge in [-0.05, 0) is 36.4 Å². The van der Waals surface area contributed by atoms with Crippen molar-refractivity contribution >= 4 is 57.7 Å². The van der Waals surface area contributed by atoms with Crippen LogP contribution in [-0.2, 0) is 4.79 Å². The van der Waals surface area contributed by atoms with Crippen LogP contribution < -0.4 is 16.0 Å². The Labute approximate surface area is 220 Å². The number of amides is 1. The highest BCUT2D eigenvalue weighted by atomic mass is 32.2. The van der Waals surface area contributed by atoms with Crippen molar-refractivity contribution in [2.75, 3.05) is 16.0 Å². The van der Waals surface area contributed by atoms with Gasteiger partial charge in [0.2, 0.25) is 11.9 Å². The van der Waals surface area contributed by atoms with Crippen molar-refractivity contribution < 1.29 is 14.6 Å². The predicted octanol–water partition coefficient (Wildman–Crippen LogP) is 6.28. The van der Waals surface area contributed by atoms with Gasteiger partial charge >= 0.3 is 0 Å². The normalized spacial score (nSPS) is 10.4. The summed E-state index contributed by atoms with van der Waals surface area (Å²) in [5, 5.41) is 31.8. The van der Waals surface area contributed by atoms with Gasteiger partial charge in [-0.25, -0.2) is 9.97 Å². The fourth-order valence-corrected chi connectivity index (χ4v) is 4.14. The van der Waals surface area contributed by atoms with E-state index in [2.05, 4.69) is 25.9 Å². The van der Waals surface area contributed by atoms with Crippen LogP contribution in [0.4, 0.5) is 40.1 Å². The number of rotatable bonds is 10. The van der Waals surface area contributed by atoms with Gasteiger partial charge in [-0.3, -0.25) is 25.0 Å². The molecule has 13 heteroatoms. The molecule has 192 valence electrons. The van der Waals surface area contributed by atoms with Gasteiger partial charge in [-0.2, -0.15) is 0 Å². The monoisotopic (exact) mass is 531 g/mol. The number of nitro benzene ring substituents is 2. The average molecular weight is 532 g/mol. The standard InChI is InChI=1S/C25H21N7O5S/c1-2-23(33)28-18-9-10-22(21(15-18)27-16-5-3-7-19(13-16)31(34)35)38-24-11-12-26-25(30-24)29-17-6-4-8-20(14-17)32(36)37/h3-15,27H,2H2,1H3,(H,28,33)(H,26,29,30). The molecular weight excluding hydrogens is 510 g/mol. The summed E-state index contributed by atoms with van der Waals surface area (Å²) in [5.41, 5.74) is 1.99. The Bertz CT molecular complexity index is 1520. The van der Waals surface area contributed by atoms with E-state index in [-0.39, 0.29) is 23.2 Å². The van der Waals surface area contributed by atoms with Crippen LogP contribution in [0.3, 0.4) is 0 Å². The van der Waals surface area contributed by atoms with E-state index >= 15 is 0 Å². The molecule has 0 unspecified atom stereocenters. The zero-order valence-corrected chi connectivity index (χ0v) is 20.8. The van der Waals surface area contributed by atoms with Crippen molar-refractivity contribution in [2.24, 2.45) is 0 Å². The number of aromatic nitrogens is 2. The van der Waals surface area contributed by atoms with Crippen molar-refractivity contribution in [2.45, 2.75) is 23.3 Å². The van der Waals surface area contributed by atoms with Gasteiger partial charge in [0.05, 0.1) is 15.5 Å². The number of nitrogens with one attached hydrogen (secondary N) is 3. The third-order valence-electron chi connectivity index (χ3n) is 5.08. The summed E-state index contributed by atoms with van der Waals surface area (Å²) in [4.78, 5) is 42.6. The smallest absolute Gasteiger partial charge is 0.271 e. The maximum absolute atomic E-state index is 11.9. The Morgan fingerprint density at radius 3 is 2.16 bits per heavy atom. The van der Waals surface area contributed by atoms with E-state index < -0.39 is 9.85 Å². The minimum absolute atomic E-state index is 0.0624. The second-order valence-electron chi connectivity index (χ2n) is 7.80. The summed E-state index contributed by atoms with van der Waals surface area (Å²) >= 11 is 1.30. The molecule has 0 fully saturated rings. The molecule has 0 bridgehead atoms. The molecule has 0 radical (unpaired) electrons. The number of nitrogens with zero attached hydrogens (tertiary/aromatic N) is 4. The molecular formula is C25H21N7O5S. The zero-order valence-electron chi connectivity index (χ0n) is 20.0. The van der Waals surface area contributed by atoms with E-state index in [9.17, 15) is 25.0 Å². The molecule has 3 aromatic carbocycles. The van der Waals surface area contributed by atoms with Crippen molar-refractivity contribution in [3.63, 3.8) is 0 Å². The number of benzene rings is 3. The van der Waals surface area contributed by atoms with E-state index in [0.717, 1.165) is 4.90 Å². The van der Waals surface area contributed by atoms with E-state index in [1.807, 2.05) is 0 Å². The highest BCUT2D eigenvalue weighted by Crippen LogP contribution is 2.37. The summed E-state index contributed by atoms with van der Waals surface area (Å²) in [6.07, 6.45) is 1.87. The molecule has 0 atom stereocenters. The SMILES string of the molecule is CCC(=O)Nc1ccc(Sc2ccnc(Nc3cccc([N+](=O)[O-])c3)n2)c(Nc2cccc([N+](=O)[O-])c2)c1. The fourth-order valence-electron chi connectivity index (χ4n) is 3.29. The summed E-state index contributed by atoms with van der Waals surface area (Å²) in [6.45, 7) is 1.75. The number of anilines is 5. The van der Waals surface area contributed by atoms with Gasteiger partial charge in [0, 0.05) is 58.8 Å². The number of carbonyl (C=O) groups is 1. The Balaban J connectivity index is 1.61. The van der Waals surface area contributed by atoms with Gasteiger partial charge in [-0.15, -0.1) is 0 Å². The third kappa shape index (κ3) is 6.79. The van der Waals surface area contributed by atoms with Crippen LogP contribution in [-0.4, -0.2) is 25.7 Å². The highest BCUT2D eigenvalue weighted by molar-refractivity contribution is 7.99. The number of hydrogen-bond donors (Lipinski definition) is 3. The summed E-state index contributed by atoms with van der Waals surface area (Å²) in [5.74, 6) is 0.0925. The molecule has 38 heavy (non-hydrogen) atoms. The van der Waals surface area contributed by atoms with E-state index in [4.69, 9.17) is 0 Å². The van der Waals surface area contributed by atoms with Crippen molar-refractivity contribution in [3.8, 4) is 0 Å².